The van der Waals surface area contributed by atoms with Crippen LogP contribution in [0.2, 0.25) is 0 Å². The lowest BCUT2D eigenvalue weighted by Gasteiger charge is -2.35. The van der Waals surface area contributed by atoms with Gasteiger partial charge in [0.15, 0.2) is 9.84 Å². The molecule has 1 saturated heterocycles. The van der Waals surface area contributed by atoms with Gasteiger partial charge >= 0.3 is 0 Å². The number of nitrogens with zero attached hydrogens (tertiary/aromatic N) is 1. The van der Waals surface area contributed by atoms with Crippen molar-refractivity contribution in [3.05, 3.63) is 35.6 Å². The van der Waals surface area contributed by atoms with Crippen molar-refractivity contribution in [3.63, 3.8) is 0 Å². The van der Waals surface area contributed by atoms with Crippen LogP contribution in [0.3, 0.4) is 0 Å². The van der Waals surface area contributed by atoms with Crippen LogP contribution < -0.4 is 0 Å². The second-order valence-electron chi connectivity index (χ2n) is 6.77. The number of halogens is 1. The van der Waals surface area contributed by atoms with E-state index in [1.165, 1.54) is 12.1 Å². The molecule has 2 aliphatic rings. The molecule has 126 valence electrons. The number of hydrogen-bond donors (Lipinski definition) is 0. The van der Waals surface area contributed by atoms with Crippen LogP contribution in [0.4, 0.5) is 4.39 Å². The quantitative estimate of drug-likeness (QED) is 0.849. The molecule has 3 rings (SSSR count). The van der Waals surface area contributed by atoms with E-state index in [1.807, 2.05) is 6.07 Å². The van der Waals surface area contributed by atoms with E-state index in [0.717, 1.165) is 12.8 Å². The summed E-state index contributed by atoms with van der Waals surface area (Å²) in [5.41, 5.74) is 0.0103. The third kappa shape index (κ3) is 3.01. The Morgan fingerprint density at radius 1 is 1.30 bits per heavy atom. The predicted molar refractivity (Wildman–Crippen MR) is 86.4 cm³/mol. The largest absolute Gasteiger partial charge is 0.341 e. The molecule has 0 N–H and O–H groups in total. The third-order valence-corrected chi connectivity index (χ3v) is 7.07. The first-order chi connectivity index (χ1) is 10.8. The van der Waals surface area contributed by atoms with E-state index in [9.17, 15) is 17.6 Å². The molecule has 1 heterocycles. The van der Waals surface area contributed by atoms with E-state index in [4.69, 9.17) is 0 Å². The fourth-order valence-electron chi connectivity index (χ4n) is 3.97. The number of sulfone groups is 1. The van der Waals surface area contributed by atoms with Crippen molar-refractivity contribution in [3.8, 4) is 0 Å². The van der Waals surface area contributed by atoms with Crippen LogP contribution in [0.5, 0.6) is 0 Å². The summed E-state index contributed by atoms with van der Waals surface area (Å²) in [6, 6.07) is 6.01. The molecular weight excluding hydrogens is 317 g/mol. The van der Waals surface area contributed by atoms with E-state index in [1.54, 1.807) is 18.0 Å². The molecule has 0 bridgehead atoms. The molecule has 0 spiro atoms. The van der Waals surface area contributed by atoms with Gasteiger partial charge in [0, 0.05) is 13.1 Å². The van der Waals surface area contributed by atoms with Crippen LogP contribution in [0.25, 0.3) is 0 Å². The Hall–Kier alpha value is -1.43. The van der Waals surface area contributed by atoms with E-state index < -0.39 is 15.3 Å². The van der Waals surface area contributed by atoms with Crippen LogP contribution in [0.1, 0.15) is 37.7 Å². The van der Waals surface area contributed by atoms with Crippen LogP contribution >= 0.6 is 0 Å². The highest BCUT2D eigenvalue weighted by Gasteiger charge is 2.46. The summed E-state index contributed by atoms with van der Waals surface area (Å²) in [5, 5.41) is 0. The average molecular weight is 339 g/mol. The number of carbonyl (C=O) groups is 1. The SMILES string of the molecule is CN(C(=O)C1(c2cccc(F)c2)CCCC1)C1CCS(=O)(=O)C1. The zero-order chi connectivity index (χ0) is 16.7. The van der Waals surface area contributed by atoms with Gasteiger partial charge in [-0.15, -0.1) is 0 Å². The molecule has 1 unspecified atom stereocenters. The smallest absolute Gasteiger partial charge is 0.233 e. The fraction of sp³-hybridized carbons (Fsp3) is 0.588. The molecule has 23 heavy (non-hydrogen) atoms. The summed E-state index contributed by atoms with van der Waals surface area (Å²) in [4.78, 5) is 14.8. The summed E-state index contributed by atoms with van der Waals surface area (Å²) in [5.74, 6) is -0.230. The van der Waals surface area contributed by atoms with Crippen molar-refractivity contribution in [2.45, 2.75) is 43.6 Å². The lowest BCUT2D eigenvalue weighted by Crippen LogP contribution is -2.48. The number of likely N-dealkylation sites (N-methyl/N-ethyl adjacent to an activating group) is 1. The maximum atomic E-state index is 13.7. The van der Waals surface area contributed by atoms with Gasteiger partial charge in [0.25, 0.3) is 0 Å². The van der Waals surface area contributed by atoms with Crippen molar-refractivity contribution in [1.29, 1.82) is 0 Å². The fourth-order valence-corrected chi connectivity index (χ4v) is 5.75. The van der Waals surface area contributed by atoms with E-state index >= 15 is 0 Å². The first-order valence-electron chi connectivity index (χ1n) is 8.08. The number of hydrogen-bond acceptors (Lipinski definition) is 3. The lowest BCUT2D eigenvalue weighted by molar-refractivity contribution is -0.137. The maximum absolute atomic E-state index is 13.7. The van der Waals surface area contributed by atoms with Crippen molar-refractivity contribution in [1.82, 2.24) is 4.90 Å². The van der Waals surface area contributed by atoms with Gasteiger partial charge in [0.2, 0.25) is 5.91 Å². The van der Waals surface area contributed by atoms with Gasteiger partial charge in [-0.3, -0.25) is 4.79 Å². The topological polar surface area (TPSA) is 54.5 Å². The predicted octanol–water partition coefficient (Wildman–Crippen LogP) is 2.28. The average Bonchev–Trinajstić information content (AvgIpc) is 3.13. The highest BCUT2D eigenvalue weighted by Crippen LogP contribution is 2.43. The van der Waals surface area contributed by atoms with Crippen LogP contribution in [0, 0.1) is 5.82 Å². The molecule has 1 saturated carbocycles. The number of amides is 1. The number of benzene rings is 1. The summed E-state index contributed by atoms with van der Waals surface area (Å²) >= 11 is 0. The Kier molecular flexibility index (Phi) is 4.21. The zero-order valence-corrected chi connectivity index (χ0v) is 14.1. The molecule has 1 atom stereocenters. The van der Waals surface area contributed by atoms with Crippen molar-refractivity contribution in [2.75, 3.05) is 18.6 Å². The zero-order valence-electron chi connectivity index (χ0n) is 13.3. The minimum absolute atomic E-state index is 0.0362. The van der Waals surface area contributed by atoms with Crippen molar-refractivity contribution < 1.29 is 17.6 Å². The summed E-state index contributed by atoms with van der Waals surface area (Å²) < 4.78 is 37.0. The van der Waals surface area contributed by atoms with Gasteiger partial charge in [-0.25, -0.2) is 12.8 Å². The molecule has 4 nitrogen and oxygen atoms in total. The molecule has 0 aromatic heterocycles. The minimum atomic E-state index is -3.04. The van der Waals surface area contributed by atoms with Crippen LogP contribution in [-0.4, -0.2) is 43.8 Å². The highest BCUT2D eigenvalue weighted by molar-refractivity contribution is 7.91. The molecule has 0 radical (unpaired) electrons. The molecule has 1 aliphatic carbocycles. The van der Waals surface area contributed by atoms with Gasteiger partial charge in [-0.05, 0) is 37.0 Å². The first kappa shape index (κ1) is 16.4. The Morgan fingerprint density at radius 3 is 2.57 bits per heavy atom. The Bertz CT molecular complexity index is 710. The molecular formula is C17H22FNO3S. The van der Waals surface area contributed by atoms with Crippen LogP contribution in [-0.2, 0) is 20.0 Å². The van der Waals surface area contributed by atoms with E-state index in [2.05, 4.69) is 0 Å². The molecule has 1 aromatic rings. The number of carbonyl (C=O) groups excluding carboxylic acids is 1. The minimum Gasteiger partial charge on any atom is -0.341 e. The Labute approximate surface area is 136 Å². The Balaban J connectivity index is 1.91. The number of rotatable bonds is 3. The first-order valence-corrected chi connectivity index (χ1v) is 9.90. The van der Waals surface area contributed by atoms with Gasteiger partial charge in [-0.2, -0.15) is 0 Å². The Morgan fingerprint density at radius 2 is 2.00 bits per heavy atom. The molecule has 1 amide bonds. The normalized spacial score (nSPS) is 25.4. The monoisotopic (exact) mass is 339 g/mol. The highest BCUT2D eigenvalue weighted by atomic mass is 32.2. The maximum Gasteiger partial charge on any atom is 0.233 e. The van der Waals surface area contributed by atoms with Gasteiger partial charge in [-0.1, -0.05) is 25.0 Å². The lowest BCUT2D eigenvalue weighted by atomic mass is 9.77. The van der Waals surface area contributed by atoms with Gasteiger partial charge < -0.3 is 4.90 Å². The molecule has 1 aromatic carbocycles. The molecule has 1 aliphatic heterocycles. The summed E-state index contributed by atoms with van der Waals surface area (Å²) in [7, 11) is -1.35. The van der Waals surface area contributed by atoms with E-state index in [0.29, 0.717) is 24.8 Å². The summed E-state index contributed by atoms with van der Waals surface area (Å²) in [6.07, 6.45) is 3.74. The third-order valence-electron chi connectivity index (χ3n) is 5.32. The second-order valence-corrected chi connectivity index (χ2v) is 9.00. The van der Waals surface area contributed by atoms with Gasteiger partial charge in [0.1, 0.15) is 5.82 Å². The molecule has 2 fully saturated rings. The standard InChI is InChI=1S/C17H22FNO3S/c1-19(15-7-10-23(21,22)12-15)16(20)17(8-2-3-9-17)13-5-4-6-14(18)11-13/h4-6,11,15H,2-3,7-10,12H2,1H3. The van der Waals surface area contributed by atoms with Crippen molar-refractivity contribution in [2.24, 2.45) is 0 Å². The van der Waals surface area contributed by atoms with Crippen LogP contribution in [0.15, 0.2) is 24.3 Å². The van der Waals surface area contributed by atoms with Gasteiger partial charge in [0.05, 0.1) is 16.9 Å². The second kappa shape index (κ2) is 5.89. The van der Waals surface area contributed by atoms with Crippen molar-refractivity contribution >= 4 is 15.7 Å². The molecule has 6 heteroatoms. The summed E-state index contributed by atoms with van der Waals surface area (Å²) in [6.45, 7) is 0. The van der Waals surface area contributed by atoms with E-state index in [-0.39, 0.29) is 29.3 Å².